The molecule has 3 saturated carbocycles. The number of aliphatic hydroxyl groups is 1. The minimum Gasteiger partial charge on any atom is -0.489 e. The Balaban J connectivity index is 0.807. The van der Waals surface area contributed by atoms with E-state index in [1.807, 2.05) is 6.07 Å². The molecule has 5 heterocycles. The number of carbonyl (C=O) groups excluding carboxylic acids is 1. The van der Waals surface area contributed by atoms with Crippen molar-refractivity contribution in [1.29, 1.82) is 0 Å². The quantitative estimate of drug-likeness (QED) is 0.0726. The van der Waals surface area contributed by atoms with E-state index in [1.165, 1.54) is 36.2 Å². The molecule has 0 bridgehead atoms. The third kappa shape index (κ3) is 8.33. The second kappa shape index (κ2) is 16.7. The topological polar surface area (TPSA) is 192 Å². The van der Waals surface area contributed by atoms with Crippen molar-refractivity contribution in [3.8, 4) is 17.2 Å². The minimum absolute atomic E-state index is 0.0174. The highest BCUT2D eigenvalue weighted by molar-refractivity contribution is 7.90. The van der Waals surface area contributed by atoms with Gasteiger partial charge < -0.3 is 29.8 Å². The Hall–Kier alpha value is -5.78. The Labute approximate surface area is 395 Å². The number of benzene rings is 3. The first-order chi connectivity index (χ1) is 32.6. The van der Waals surface area contributed by atoms with E-state index in [0.29, 0.717) is 17.7 Å². The normalized spacial score (nSPS) is 23.3. The van der Waals surface area contributed by atoms with Gasteiger partial charge in [0.2, 0.25) is 0 Å². The number of nitro benzene ring substituents is 1. The molecule has 3 aliphatic carbocycles. The Kier molecular flexibility index (Phi) is 11.0. The first kappa shape index (κ1) is 44.7. The third-order valence-corrected chi connectivity index (χ3v) is 17.5. The maximum atomic E-state index is 14.7. The van der Waals surface area contributed by atoms with Crippen molar-refractivity contribution in [2.24, 2.45) is 16.7 Å². The van der Waals surface area contributed by atoms with Crippen molar-refractivity contribution >= 4 is 44.0 Å². The standard InChI is InChI=1S/C51H58FN7O8S/c1-49(2)13-11-31(12-14-49)41-30-66-45-25-35(24-43(59(62)63)46(45)55-41)68(64,65)56-48(60)37-10-9-32(22-44(37)67-34-23-38-40(52)29-54-47(38)53-28-34)57-20-17-50(18-21-57)26-33(27-50)58-19-5-8-42(58)36-6-3-4-7-39(36)51(61)15-16-51/h3-4,6-7,9-10,22-25,28-29,31,33,41-42,55,61H,5,8,11-21,26-27,30H2,1-2H3,(H,53,54)(H,56,60)/t41-,42+/m1/s1. The number of anilines is 2. The summed E-state index contributed by atoms with van der Waals surface area (Å²) in [7, 11) is -4.70. The number of carbonyl (C=O) groups is 1. The van der Waals surface area contributed by atoms with Gasteiger partial charge in [-0.25, -0.2) is 22.5 Å². The zero-order valence-electron chi connectivity index (χ0n) is 38.4. The summed E-state index contributed by atoms with van der Waals surface area (Å²) in [6, 6.07) is 17.6. The zero-order valence-corrected chi connectivity index (χ0v) is 39.2. The average Bonchev–Trinajstić information content (AvgIpc) is 3.69. The SMILES string of the molecule is CC1(C)CCC([C@H]2COc3cc(S(=O)(=O)NC(=O)c4ccc(N5CCC6(CC5)CC(N5CCC[C@H]5c5ccccc5C5(O)CC5)C6)cc4Oc4cnc5[nH]cc(F)c5c4)cc([N+](=O)[O-])c3N2)CC1. The van der Waals surface area contributed by atoms with Crippen molar-refractivity contribution in [1.82, 2.24) is 19.6 Å². The molecule has 358 valence electrons. The lowest BCUT2D eigenvalue weighted by Crippen LogP contribution is -2.55. The fourth-order valence-electron chi connectivity index (χ4n) is 12.0. The van der Waals surface area contributed by atoms with Gasteiger partial charge in [0.25, 0.3) is 21.6 Å². The van der Waals surface area contributed by atoms with Crippen molar-refractivity contribution in [3.63, 3.8) is 0 Å². The second-order valence-electron chi connectivity index (χ2n) is 21.1. The van der Waals surface area contributed by atoms with Crippen LogP contribution >= 0.6 is 0 Å². The number of sulfonamides is 1. The number of halogens is 1. The second-order valence-corrected chi connectivity index (χ2v) is 22.8. The van der Waals surface area contributed by atoms with Crippen LogP contribution in [0.3, 0.4) is 0 Å². The van der Waals surface area contributed by atoms with Crippen LogP contribution in [-0.2, 0) is 15.6 Å². The average molecular weight is 948 g/mol. The molecule has 11 rings (SSSR count). The molecule has 5 aromatic rings. The summed E-state index contributed by atoms with van der Waals surface area (Å²) in [5, 5.41) is 27.0. The van der Waals surface area contributed by atoms with E-state index >= 15 is 0 Å². The summed E-state index contributed by atoms with van der Waals surface area (Å²) in [5.74, 6) is -1.15. The van der Waals surface area contributed by atoms with E-state index in [0.717, 1.165) is 114 Å². The van der Waals surface area contributed by atoms with Crippen LogP contribution in [0.1, 0.15) is 118 Å². The molecule has 2 saturated heterocycles. The van der Waals surface area contributed by atoms with Gasteiger partial charge in [0.1, 0.15) is 29.6 Å². The molecule has 6 aliphatic rings. The fourth-order valence-corrected chi connectivity index (χ4v) is 13.0. The molecule has 2 atom stereocenters. The lowest BCUT2D eigenvalue weighted by Gasteiger charge is -2.56. The number of hydrogen-bond acceptors (Lipinski definition) is 12. The van der Waals surface area contributed by atoms with Gasteiger partial charge in [-0.2, -0.15) is 0 Å². The molecular weight excluding hydrogens is 890 g/mol. The van der Waals surface area contributed by atoms with Crippen LogP contribution in [0.4, 0.5) is 21.5 Å². The molecule has 17 heteroatoms. The number of aromatic nitrogens is 2. The van der Waals surface area contributed by atoms with Crippen LogP contribution < -0.4 is 24.4 Å². The molecule has 0 radical (unpaired) electrons. The maximum absolute atomic E-state index is 14.7. The molecule has 1 amide bonds. The van der Waals surface area contributed by atoms with Crippen molar-refractivity contribution < 1.29 is 37.1 Å². The molecule has 15 nitrogen and oxygen atoms in total. The van der Waals surface area contributed by atoms with Crippen molar-refractivity contribution in [2.45, 2.75) is 120 Å². The maximum Gasteiger partial charge on any atom is 0.297 e. The summed E-state index contributed by atoms with van der Waals surface area (Å²) >= 11 is 0. The van der Waals surface area contributed by atoms with E-state index in [2.05, 4.69) is 61.9 Å². The number of H-pyrrole nitrogens is 1. The third-order valence-electron chi connectivity index (χ3n) is 16.2. The number of aromatic amines is 1. The molecule has 1 spiro atoms. The molecular formula is C51H58FN7O8S. The Morgan fingerprint density at radius 3 is 2.51 bits per heavy atom. The summed E-state index contributed by atoms with van der Waals surface area (Å²) in [4.78, 5) is 37.3. The lowest BCUT2D eigenvalue weighted by molar-refractivity contribution is -0.384. The van der Waals surface area contributed by atoms with Gasteiger partial charge in [-0.15, -0.1) is 0 Å². The number of nitro groups is 1. The lowest BCUT2D eigenvalue weighted by atomic mass is 9.59. The summed E-state index contributed by atoms with van der Waals surface area (Å²) in [6.45, 7) is 7.28. The highest BCUT2D eigenvalue weighted by Crippen LogP contribution is 2.56. The highest BCUT2D eigenvalue weighted by Gasteiger charge is 2.51. The molecule has 3 aromatic carbocycles. The number of rotatable bonds is 11. The summed E-state index contributed by atoms with van der Waals surface area (Å²) in [6.07, 6.45) is 14.6. The number of nitrogens with zero attached hydrogens (tertiary/aromatic N) is 4. The number of likely N-dealkylation sites (tertiary alicyclic amines) is 1. The summed E-state index contributed by atoms with van der Waals surface area (Å²) < 4.78 is 57.1. The van der Waals surface area contributed by atoms with Crippen LogP contribution in [0, 0.1) is 32.7 Å². The van der Waals surface area contributed by atoms with E-state index in [4.69, 9.17) is 9.47 Å². The summed E-state index contributed by atoms with van der Waals surface area (Å²) in [5.41, 5.74) is 2.76. The molecule has 4 N–H and O–H groups in total. The number of ether oxygens (including phenoxy) is 2. The van der Waals surface area contributed by atoms with Crippen LogP contribution in [0.25, 0.3) is 11.0 Å². The first-order valence-electron chi connectivity index (χ1n) is 24.1. The molecule has 0 unspecified atom stereocenters. The van der Waals surface area contributed by atoms with Gasteiger partial charge in [0, 0.05) is 55.3 Å². The largest absolute Gasteiger partial charge is 0.489 e. The smallest absolute Gasteiger partial charge is 0.297 e. The van der Waals surface area contributed by atoms with Gasteiger partial charge in [0.15, 0.2) is 11.4 Å². The first-order valence-corrected chi connectivity index (χ1v) is 25.6. The van der Waals surface area contributed by atoms with Crippen LogP contribution in [0.5, 0.6) is 17.2 Å². The highest BCUT2D eigenvalue weighted by atomic mass is 32.2. The van der Waals surface area contributed by atoms with Gasteiger partial charge in [0.05, 0.1) is 38.6 Å². The van der Waals surface area contributed by atoms with Crippen LogP contribution in [0.2, 0.25) is 0 Å². The Morgan fingerprint density at radius 2 is 1.76 bits per heavy atom. The molecule has 2 aromatic heterocycles. The monoisotopic (exact) mass is 947 g/mol. The number of amides is 1. The van der Waals surface area contributed by atoms with Crippen LogP contribution in [0.15, 0.2) is 78.0 Å². The fraction of sp³-hybridized carbons (Fsp3) is 0.490. The van der Waals surface area contributed by atoms with Crippen LogP contribution in [-0.4, -0.2) is 77.5 Å². The Bertz CT molecular complexity index is 2910. The number of piperidine rings is 1. The molecule has 5 fully saturated rings. The number of nitrogens with one attached hydrogen (secondary N) is 3. The van der Waals surface area contributed by atoms with E-state index in [1.54, 1.807) is 12.1 Å². The van der Waals surface area contributed by atoms with Crippen molar-refractivity contribution in [2.75, 3.05) is 36.5 Å². The zero-order chi connectivity index (χ0) is 47.2. The van der Waals surface area contributed by atoms with Gasteiger partial charge >= 0.3 is 0 Å². The van der Waals surface area contributed by atoms with Crippen molar-refractivity contribution in [3.05, 3.63) is 106 Å². The number of fused-ring (bicyclic) bond motifs is 2. The van der Waals surface area contributed by atoms with Gasteiger partial charge in [-0.05, 0) is 130 Å². The van der Waals surface area contributed by atoms with Gasteiger partial charge in [-0.1, -0.05) is 38.1 Å². The number of hydrogen-bond donors (Lipinski definition) is 4. The van der Waals surface area contributed by atoms with E-state index < -0.39 is 42.9 Å². The van der Waals surface area contributed by atoms with Gasteiger partial charge in [-0.3, -0.25) is 19.8 Å². The molecule has 3 aliphatic heterocycles. The Morgan fingerprint density at radius 1 is 1.00 bits per heavy atom. The molecule has 68 heavy (non-hydrogen) atoms. The minimum atomic E-state index is -4.70. The predicted molar refractivity (Wildman–Crippen MR) is 254 cm³/mol. The van der Waals surface area contributed by atoms with E-state index in [9.17, 15) is 32.8 Å². The van der Waals surface area contributed by atoms with E-state index in [-0.39, 0.29) is 63.3 Å². The predicted octanol–water partition coefficient (Wildman–Crippen LogP) is 9.48. The number of pyridine rings is 1.